The average molecular weight is 370 g/mol. The first kappa shape index (κ1) is 20.9. The molecule has 0 bridgehead atoms. The molecule has 1 aromatic rings. The number of rotatable bonds is 9. The summed E-state index contributed by atoms with van der Waals surface area (Å²) in [5.74, 6) is -2.15. The molecule has 0 fully saturated rings. The third-order valence-corrected chi connectivity index (χ3v) is 4.01. The number of benzene rings is 1. The van der Waals surface area contributed by atoms with Gasteiger partial charge < -0.3 is 21.5 Å². The van der Waals surface area contributed by atoms with Gasteiger partial charge in [-0.05, 0) is 23.6 Å². The maximum Gasteiger partial charge on any atom is 0.322 e. The van der Waals surface area contributed by atoms with Crippen molar-refractivity contribution in [2.24, 2.45) is 11.7 Å². The summed E-state index contributed by atoms with van der Waals surface area (Å²) >= 11 is 5.88. The number of hydrogen-bond acceptors (Lipinski definition) is 4. The first-order valence-electron chi connectivity index (χ1n) is 7.98. The lowest BCUT2D eigenvalue weighted by Gasteiger charge is -2.20. The van der Waals surface area contributed by atoms with E-state index in [4.69, 9.17) is 22.4 Å². The van der Waals surface area contributed by atoms with Crippen molar-refractivity contribution in [3.05, 3.63) is 34.9 Å². The van der Waals surface area contributed by atoms with Gasteiger partial charge in [-0.3, -0.25) is 14.4 Å². The van der Waals surface area contributed by atoms with Crippen molar-refractivity contribution < 1.29 is 19.5 Å². The predicted molar refractivity (Wildman–Crippen MR) is 95.3 cm³/mol. The summed E-state index contributed by atoms with van der Waals surface area (Å²) in [4.78, 5) is 34.5. The van der Waals surface area contributed by atoms with Crippen LogP contribution < -0.4 is 16.4 Å². The maximum atomic E-state index is 12.0. The molecule has 2 atom stereocenters. The molecule has 0 spiro atoms. The van der Waals surface area contributed by atoms with Crippen LogP contribution in [-0.4, -0.2) is 42.0 Å². The molecule has 0 saturated carbocycles. The summed E-state index contributed by atoms with van der Waals surface area (Å²) in [6.45, 7) is 3.46. The molecule has 0 aromatic heterocycles. The van der Waals surface area contributed by atoms with Crippen LogP contribution in [0.5, 0.6) is 0 Å². The quantitative estimate of drug-likeness (QED) is 0.519. The zero-order valence-corrected chi connectivity index (χ0v) is 15.0. The average Bonchev–Trinajstić information content (AvgIpc) is 2.56. The van der Waals surface area contributed by atoms with Crippen LogP contribution in [0.15, 0.2) is 24.3 Å². The van der Waals surface area contributed by atoms with E-state index in [1.807, 2.05) is 13.8 Å². The Hall–Kier alpha value is -2.12. The van der Waals surface area contributed by atoms with Crippen LogP contribution in [-0.2, 0) is 14.4 Å². The Morgan fingerprint density at radius 2 is 1.76 bits per heavy atom. The van der Waals surface area contributed by atoms with Gasteiger partial charge in [0.15, 0.2) is 0 Å². The minimum absolute atomic E-state index is 0.00662. The van der Waals surface area contributed by atoms with Crippen LogP contribution in [0.4, 0.5) is 0 Å². The van der Waals surface area contributed by atoms with Gasteiger partial charge >= 0.3 is 5.97 Å². The molecule has 25 heavy (non-hydrogen) atoms. The van der Waals surface area contributed by atoms with Crippen LogP contribution in [0.3, 0.4) is 0 Å². The summed E-state index contributed by atoms with van der Waals surface area (Å²) in [5.41, 5.74) is 6.63. The lowest BCUT2D eigenvalue weighted by Crippen LogP contribution is -2.45. The van der Waals surface area contributed by atoms with E-state index in [2.05, 4.69) is 10.6 Å². The molecule has 0 aliphatic carbocycles. The number of amides is 2. The van der Waals surface area contributed by atoms with Gasteiger partial charge in [0, 0.05) is 23.9 Å². The Balaban J connectivity index is 2.77. The zero-order valence-electron chi connectivity index (χ0n) is 14.3. The first-order valence-corrected chi connectivity index (χ1v) is 8.35. The fourth-order valence-corrected chi connectivity index (χ4v) is 2.28. The molecule has 0 radical (unpaired) electrons. The topological polar surface area (TPSA) is 122 Å². The van der Waals surface area contributed by atoms with Crippen molar-refractivity contribution in [1.82, 2.24) is 10.6 Å². The SMILES string of the molecule is CC(C)C(N)C(=O)NCC(CC(=O)NCC(=O)O)c1ccc(Cl)cc1. The molecule has 5 N–H and O–H groups in total. The molecule has 1 aromatic carbocycles. The molecular formula is C17H24ClN3O4. The van der Waals surface area contributed by atoms with Crippen molar-refractivity contribution in [2.45, 2.75) is 32.2 Å². The summed E-state index contributed by atoms with van der Waals surface area (Å²) < 4.78 is 0. The highest BCUT2D eigenvalue weighted by Crippen LogP contribution is 2.21. The molecule has 2 unspecified atom stereocenters. The summed E-state index contributed by atoms with van der Waals surface area (Å²) in [5, 5.41) is 14.3. The highest BCUT2D eigenvalue weighted by molar-refractivity contribution is 6.30. The Kier molecular flexibility index (Phi) is 8.37. The lowest BCUT2D eigenvalue weighted by atomic mass is 9.94. The smallest absolute Gasteiger partial charge is 0.322 e. The van der Waals surface area contributed by atoms with Crippen LogP contribution >= 0.6 is 11.6 Å². The minimum atomic E-state index is -1.12. The molecule has 0 aliphatic rings. The number of nitrogens with two attached hydrogens (primary N) is 1. The number of carbonyl (C=O) groups is 3. The van der Waals surface area contributed by atoms with Crippen LogP contribution in [0.25, 0.3) is 0 Å². The minimum Gasteiger partial charge on any atom is -0.480 e. The van der Waals surface area contributed by atoms with E-state index in [1.54, 1.807) is 24.3 Å². The number of carboxylic acids is 1. The van der Waals surface area contributed by atoms with Crippen molar-refractivity contribution in [2.75, 3.05) is 13.1 Å². The first-order chi connectivity index (χ1) is 11.7. The highest BCUT2D eigenvalue weighted by atomic mass is 35.5. The predicted octanol–water partition coefficient (Wildman–Crippen LogP) is 1.11. The second kappa shape index (κ2) is 10.0. The Morgan fingerprint density at radius 3 is 2.28 bits per heavy atom. The van der Waals surface area contributed by atoms with E-state index < -0.39 is 24.5 Å². The van der Waals surface area contributed by atoms with Crippen LogP contribution in [0, 0.1) is 5.92 Å². The molecule has 2 amide bonds. The molecule has 0 heterocycles. The number of nitrogens with one attached hydrogen (secondary N) is 2. The second-order valence-corrected chi connectivity index (χ2v) is 6.57. The molecule has 0 saturated heterocycles. The standard InChI is InChI=1S/C17H24ClN3O4/c1-10(2)16(19)17(25)21-8-12(7-14(22)20-9-15(23)24)11-3-5-13(18)6-4-11/h3-6,10,12,16H,7-9,19H2,1-2H3,(H,20,22)(H,21,25)(H,23,24). The monoisotopic (exact) mass is 369 g/mol. The van der Waals surface area contributed by atoms with Crippen molar-refractivity contribution >= 4 is 29.4 Å². The zero-order chi connectivity index (χ0) is 19.0. The fraction of sp³-hybridized carbons (Fsp3) is 0.471. The lowest BCUT2D eigenvalue weighted by molar-refractivity contribution is -0.138. The van der Waals surface area contributed by atoms with Gasteiger partial charge in [-0.15, -0.1) is 0 Å². The Bertz CT molecular complexity index is 604. The molecular weight excluding hydrogens is 346 g/mol. The summed E-state index contributed by atoms with van der Waals surface area (Å²) in [6.07, 6.45) is 0.0338. The van der Waals surface area contributed by atoms with Gasteiger partial charge in [-0.1, -0.05) is 37.6 Å². The van der Waals surface area contributed by atoms with Gasteiger partial charge in [-0.25, -0.2) is 0 Å². The van der Waals surface area contributed by atoms with Crippen LogP contribution in [0.2, 0.25) is 5.02 Å². The second-order valence-electron chi connectivity index (χ2n) is 6.14. The van der Waals surface area contributed by atoms with E-state index in [9.17, 15) is 14.4 Å². The largest absolute Gasteiger partial charge is 0.480 e. The van der Waals surface area contributed by atoms with Crippen molar-refractivity contribution in [3.63, 3.8) is 0 Å². The van der Waals surface area contributed by atoms with Crippen molar-refractivity contribution in [3.8, 4) is 0 Å². The van der Waals surface area contributed by atoms with E-state index >= 15 is 0 Å². The molecule has 138 valence electrons. The van der Waals surface area contributed by atoms with Gasteiger partial charge in [0.05, 0.1) is 6.04 Å². The molecule has 7 nitrogen and oxygen atoms in total. The molecule has 8 heteroatoms. The summed E-state index contributed by atoms with van der Waals surface area (Å²) in [7, 11) is 0. The van der Waals surface area contributed by atoms with Crippen molar-refractivity contribution in [1.29, 1.82) is 0 Å². The van der Waals surface area contributed by atoms with Gasteiger partial charge in [-0.2, -0.15) is 0 Å². The van der Waals surface area contributed by atoms with E-state index in [-0.39, 0.29) is 30.7 Å². The number of aliphatic carboxylic acids is 1. The number of hydrogen-bond donors (Lipinski definition) is 4. The number of carboxylic acid groups (broad SMARTS) is 1. The Labute approximate surface area is 151 Å². The van der Waals surface area contributed by atoms with Crippen LogP contribution in [0.1, 0.15) is 31.7 Å². The van der Waals surface area contributed by atoms with E-state index in [1.165, 1.54) is 0 Å². The third-order valence-electron chi connectivity index (χ3n) is 3.75. The fourth-order valence-electron chi connectivity index (χ4n) is 2.16. The molecule has 1 rings (SSSR count). The van der Waals surface area contributed by atoms with Gasteiger partial charge in [0.25, 0.3) is 0 Å². The number of carbonyl (C=O) groups excluding carboxylic acids is 2. The third kappa shape index (κ3) is 7.53. The number of halogens is 1. The summed E-state index contributed by atoms with van der Waals surface area (Å²) in [6, 6.07) is 6.30. The van der Waals surface area contributed by atoms with Gasteiger partial charge in [0.1, 0.15) is 6.54 Å². The van der Waals surface area contributed by atoms with E-state index in [0.29, 0.717) is 5.02 Å². The van der Waals surface area contributed by atoms with Gasteiger partial charge in [0.2, 0.25) is 11.8 Å². The molecule has 0 aliphatic heterocycles. The Morgan fingerprint density at radius 1 is 1.16 bits per heavy atom. The normalized spacial score (nSPS) is 13.2. The highest BCUT2D eigenvalue weighted by Gasteiger charge is 2.21. The van der Waals surface area contributed by atoms with E-state index in [0.717, 1.165) is 5.56 Å². The maximum absolute atomic E-state index is 12.0.